The Morgan fingerprint density at radius 3 is 2.61 bits per heavy atom. The molecule has 2 rings (SSSR count). The van der Waals surface area contributed by atoms with Gasteiger partial charge in [-0.2, -0.15) is 0 Å². The number of halogens is 1. The lowest BCUT2D eigenvalue weighted by molar-refractivity contribution is -0.00546. The molecular formula is C12H15ClN2O3. The molecule has 0 unspecified atom stereocenters. The van der Waals surface area contributed by atoms with Gasteiger partial charge in [-0.25, -0.2) is 9.78 Å². The summed E-state index contributed by atoms with van der Waals surface area (Å²) >= 11 is 6.09. The van der Waals surface area contributed by atoms with E-state index in [1.54, 1.807) is 0 Å². The molecule has 1 aliphatic heterocycles. The van der Waals surface area contributed by atoms with E-state index in [-0.39, 0.29) is 17.8 Å². The number of aromatic nitrogens is 1. The van der Waals surface area contributed by atoms with Crippen molar-refractivity contribution in [2.75, 3.05) is 18.0 Å². The van der Waals surface area contributed by atoms with Crippen molar-refractivity contribution in [3.05, 3.63) is 22.8 Å². The largest absolute Gasteiger partial charge is 0.478 e. The minimum Gasteiger partial charge on any atom is -0.478 e. The van der Waals surface area contributed by atoms with E-state index in [9.17, 15) is 4.79 Å². The average molecular weight is 271 g/mol. The number of rotatable bonds is 2. The molecule has 2 heterocycles. The van der Waals surface area contributed by atoms with Gasteiger partial charge < -0.3 is 14.7 Å². The normalized spacial score (nSPS) is 24.1. The fourth-order valence-electron chi connectivity index (χ4n) is 2.13. The van der Waals surface area contributed by atoms with E-state index in [4.69, 9.17) is 21.4 Å². The molecule has 1 saturated heterocycles. The first kappa shape index (κ1) is 13.1. The summed E-state index contributed by atoms with van der Waals surface area (Å²) in [6, 6.07) is 1.43. The molecule has 5 nitrogen and oxygen atoms in total. The Hall–Kier alpha value is -1.33. The average Bonchev–Trinajstić information content (AvgIpc) is 2.27. The molecule has 2 atom stereocenters. The van der Waals surface area contributed by atoms with Gasteiger partial charge >= 0.3 is 5.97 Å². The lowest BCUT2D eigenvalue weighted by Crippen LogP contribution is -2.46. The number of hydrogen-bond acceptors (Lipinski definition) is 4. The highest BCUT2D eigenvalue weighted by molar-refractivity contribution is 6.33. The van der Waals surface area contributed by atoms with Crippen molar-refractivity contribution in [2.45, 2.75) is 26.1 Å². The van der Waals surface area contributed by atoms with Crippen LogP contribution in [0.4, 0.5) is 5.82 Å². The second-order valence-corrected chi connectivity index (χ2v) is 4.90. The minimum absolute atomic E-state index is 0.0955. The summed E-state index contributed by atoms with van der Waals surface area (Å²) in [6.45, 7) is 5.37. The monoisotopic (exact) mass is 270 g/mol. The van der Waals surface area contributed by atoms with E-state index in [0.717, 1.165) is 0 Å². The van der Waals surface area contributed by atoms with Gasteiger partial charge in [0.2, 0.25) is 0 Å². The van der Waals surface area contributed by atoms with Crippen LogP contribution in [0.15, 0.2) is 12.3 Å². The van der Waals surface area contributed by atoms with Crippen molar-refractivity contribution in [3.8, 4) is 0 Å². The van der Waals surface area contributed by atoms with Crippen molar-refractivity contribution in [1.29, 1.82) is 0 Å². The third-order valence-electron chi connectivity index (χ3n) is 2.79. The third kappa shape index (κ3) is 2.73. The topological polar surface area (TPSA) is 62.7 Å². The van der Waals surface area contributed by atoms with Crippen LogP contribution in [0.1, 0.15) is 24.2 Å². The highest BCUT2D eigenvalue weighted by atomic mass is 35.5. The smallest absolute Gasteiger partial charge is 0.337 e. The zero-order valence-electron chi connectivity index (χ0n) is 10.3. The molecule has 0 amide bonds. The summed E-state index contributed by atoms with van der Waals surface area (Å²) in [5.74, 6) is -0.414. The van der Waals surface area contributed by atoms with Gasteiger partial charge in [0.25, 0.3) is 0 Å². The van der Waals surface area contributed by atoms with Crippen molar-refractivity contribution in [1.82, 2.24) is 4.98 Å². The van der Waals surface area contributed by atoms with E-state index in [1.165, 1.54) is 12.3 Å². The number of anilines is 1. The van der Waals surface area contributed by atoms with Gasteiger partial charge in [0.15, 0.2) is 0 Å². The molecule has 18 heavy (non-hydrogen) atoms. The molecule has 0 aromatic carbocycles. The number of morpholine rings is 1. The van der Waals surface area contributed by atoms with Crippen LogP contribution in [-0.4, -0.2) is 41.4 Å². The van der Waals surface area contributed by atoms with Gasteiger partial charge in [0.05, 0.1) is 22.8 Å². The maximum atomic E-state index is 10.8. The number of carboxylic acid groups (broad SMARTS) is 1. The van der Waals surface area contributed by atoms with Gasteiger partial charge in [-0.15, -0.1) is 0 Å². The van der Waals surface area contributed by atoms with E-state index in [0.29, 0.717) is 23.9 Å². The van der Waals surface area contributed by atoms with Gasteiger partial charge in [-0.3, -0.25) is 0 Å². The Kier molecular flexibility index (Phi) is 3.73. The molecule has 0 bridgehead atoms. The Morgan fingerprint density at radius 2 is 2.11 bits per heavy atom. The quantitative estimate of drug-likeness (QED) is 0.891. The predicted molar refractivity (Wildman–Crippen MR) is 68.4 cm³/mol. The van der Waals surface area contributed by atoms with Crippen LogP contribution in [0.2, 0.25) is 5.02 Å². The molecule has 0 spiro atoms. The van der Waals surface area contributed by atoms with E-state index < -0.39 is 5.97 Å². The zero-order valence-corrected chi connectivity index (χ0v) is 11.0. The highest BCUT2D eigenvalue weighted by Gasteiger charge is 2.25. The molecule has 1 aromatic rings. The number of ether oxygens (including phenoxy) is 1. The number of aromatic carboxylic acids is 1. The Labute approximate surface area is 110 Å². The first-order valence-corrected chi connectivity index (χ1v) is 6.14. The molecule has 1 N–H and O–H groups in total. The van der Waals surface area contributed by atoms with Gasteiger partial charge in [-0.05, 0) is 19.9 Å². The molecular weight excluding hydrogens is 256 g/mol. The molecule has 6 heteroatoms. The third-order valence-corrected chi connectivity index (χ3v) is 3.07. The Balaban J connectivity index is 2.25. The van der Waals surface area contributed by atoms with Gasteiger partial charge in [-0.1, -0.05) is 11.6 Å². The molecule has 0 aliphatic carbocycles. The van der Waals surface area contributed by atoms with Crippen LogP contribution in [0, 0.1) is 0 Å². The van der Waals surface area contributed by atoms with Crippen molar-refractivity contribution in [2.24, 2.45) is 0 Å². The van der Waals surface area contributed by atoms with Crippen LogP contribution >= 0.6 is 11.6 Å². The molecule has 0 saturated carbocycles. The van der Waals surface area contributed by atoms with Crippen molar-refractivity contribution in [3.63, 3.8) is 0 Å². The fraction of sp³-hybridized carbons (Fsp3) is 0.500. The lowest BCUT2D eigenvalue weighted by Gasteiger charge is -2.36. The molecule has 98 valence electrons. The number of nitrogens with zero attached hydrogens (tertiary/aromatic N) is 2. The predicted octanol–water partition coefficient (Wildman–Crippen LogP) is 2.05. The second kappa shape index (κ2) is 5.12. The summed E-state index contributed by atoms with van der Waals surface area (Å²) in [7, 11) is 0. The lowest BCUT2D eigenvalue weighted by atomic mass is 10.2. The summed E-state index contributed by atoms with van der Waals surface area (Å²) in [4.78, 5) is 17.0. The number of carbonyl (C=O) groups is 1. The SMILES string of the molecule is C[C@@H]1CN(c2ncc(C(=O)O)cc2Cl)C[C@H](C)O1. The maximum Gasteiger partial charge on any atom is 0.337 e. The Morgan fingerprint density at radius 1 is 1.50 bits per heavy atom. The number of pyridine rings is 1. The first-order chi connectivity index (χ1) is 8.47. The van der Waals surface area contributed by atoms with E-state index >= 15 is 0 Å². The second-order valence-electron chi connectivity index (χ2n) is 4.50. The summed E-state index contributed by atoms with van der Waals surface area (Å²) in [5, 5.41) is 9.22. The van der Waals surface area contributed by atoms with Crippen LogP contribution in [0.3, 0.4) is 0 Å². The molecule has 1 aliphatic rings. The van der Waals surface area contributed by atoms with Gasteiger partial charge in [0, 0.05) is 19.3 Å². The summed E-state index contributed by atoms with van der Waals surface area (Å²) < 4.78 is 5.63. The van der Waals surface area contributed by atoms with Crippen molar-refractivity contribution < 1.29 is 14.6 Å². The Bertz CT molecular complexity index is 457. The summed E-state index contributed by atoms with van der Waals surface area (Å²) in [5.41, 5.74) is 0.0955. The zero-order chi connectivity index (χ0) is 13.3. The van der Waals surface area contributed by atoms with Crippen LogP contribution in [0.5, 0.6) is 0 Å². The fourth-order valence-corrected chi connectivity index (χ4v) is 2.42. The van der Waals surface area contributed by atoms with Crippen molar-refractivity contribution >= 4 is 23.4 Å². The standard InChI is InChI=1S/C12H15ClN2O3/c1-7-5-15(6-8(2)18-7)11-10(13)3-9(4-14-11)12(16)17/h3-4,7-8H,5-6H2,1-2H3,(H,16,17)/t7-,8+. The van der Waals surface area contributed by atoms with E-state index in [2.05, 4.69) is 4.98 Å². The van der Waals surface area contributed by atoms with Crippen LogP contribution in [0.25, 0.3) is 0 Å². The molecule has 1 fully saturated rings. The number of carboxylic acids is 1. The number of hydrogen-bond donors (Lipinski definition) is 1. The molecule has 1 aromatic heterocycles. The minimum atomic E-state index is -1.03. The highest BCUT2D eigenvalue weighted by Crippen LogP contribution is 2.26. The maximum absolute atomic E-state index is 10.8. The van der Waals surface area contributed by atoms with Crippen LogP contribution < -0.4 is 4.90 Å². The first-order valence-electron chi connectivity index (χ1n) is 5.76. The summed E-state index contributed by atoms with van der Waals surface area (Å²) in [6.07, 6.45) is 1.53. The van der Waals surface area contributed by atoms with E-state index in [1.807, 2.05) is 18.7 Å². The molecule has 0 radical (unpaired) electrons. The van der Waals surface area contributed by atoms with Crippen LogP contribution in [-0.2, 0) is 4.74 Å². The van der Waals surface area contributed by atoms with Gasteiger partial charge in [0.1, 0.15) is 5.82 Å².